The highest BCUT2D eigenvalue weighted by atomic mass is 14.1. The lowest BCUT2D eigenvalue weighted by Crippen LogP contribution is -1.95. The highest BCUT2D eigenvalue weighted by Crippen LogP contribution is 2.17. The molecule has 0 heterocycles. The summed E-state index contributed by atoms with van der Waals surface area (Å²) in [6.07, 6.45) is 29.2. The zero-order chi connectivity index (χ0) is 17.7. The van der Waals surface area contributed by atoms with Gasteiger partial charge in [-0.05, 0) is 31.6 Å². The molecule has 0 aliphatic carbocycles. The Hall–Kier alpha value is -0.260. The van der Waals surface area contributed by atoms with Crippen molar-refractivity contribution in [3.8, 4) is 0 Å². The van der Waals surface area contributed by atoms with Crippen LogP contribution in [0.2, 0.25) is 0 Å². The molecule has 0 aromatic heterocycles. The molecule has 0 saturated carbocycles. The lowest BCUT2D eigenvalue weighted by atomic mass is 9.96. The maximum absolute atomic E-state index is 3.91. The summed E-state index contributed by atoms with van der Waals surface area (Å²) < 4.78 is 0. The summed E-state index contributed by atoms with van der Waals surface area (Å²) in [7, 11) is 0. The number of rotatable bonds is 19. The topological polar surface area (TPSA) is 0 Å². The van der Waals surface area contributed by atoms with Crippen LogP contribution >= 0.6 is 0 Å². The maximum Gasteiger partial charge on any atom is -0.0351 e. The summed E-state index contributed by atoms with van der Waals surface area (Å²) in [5.41, 5.74) is 0. The molecule has 142 valence electrons. The van der Waals surface area contributed by atoms with E-state index in [9.17, 15) is 0 Å². The van der Waals surface area contributed by atoms with E-state index in [1.807, 2.05) is 0 Å². The Balaban J connectivity index is 3.20. The molecule has 0 fully saturated rings. The maximum atomic E-state index is 3.91. The molecular weight excluding hydrogens is 288 g/mol. The van der Waals surface area contributed by atoms with Gasteiger partial charge in [0.2, 0.25) is 0 Å². The Kier molecular flexibility index (Phi) is 20.6. The number of hydrogen-bond donors (Lipinski definition) is 0. The number of unbranched alkanes of at least 4 members (excludes halogenated alkanes) is 13. The average Bonchev–Trinajstić information content (AvgIpc) is 2.59. The molecule has 0 aromatic carbocycles. The van der Waals surface area contributed by atoms with Gasteiger partial charge in [-0.2, -0.15) is 0 Å². The minimum absolute atomic E-state index is 0.931. The summed E-state index contributed by atoms with van der Waals surface area (Å²) in [6, 6.07) is 0. The second-order valence-corrected chi connectivity index (χ2v) is 7.68. The van der Waals surface area contributed by atoms with Crippen LogP contribution in [-0.2, 0) is 0 Å². The van der Waals surface area contributed by atoms with E-state index >= 15 is 0 Å². The van der Waals surface area contributed by atoms with Crippen LogP contribution < -0.4 is 0 Å². The predicted octanol–water partition coefficient (Wildman–Crippen LogP) is 8.87. The first-order valence-corrected chi connectivity index (χ1v) is 11.0. The molecule has 1 unspecified atom stereocenters. The van der Waals surface area contributed by atoms with Crippen LogP contribution in [0.3, 0.4) is 0 Å². The summed E-state index contributed by atoms with van der Waals surface area (Å²) in [6.45, 7) is 10.2. The fourth-order valence-electron chi connectivity index (χ4n) is 3.30. The standard InChI is InChI=1S/C24H46/c1-4-6-8-10-12-13-14-15-16-17-19-21-23-24(3)22-20-18-11-9-7-5-2/h15-16,24H,1-2,4-14,17-23H2,3H3. The quantitative estimate of drug-likeness (QED) is 0.163. The fraction of sp³-hybridized carbons (Fsp3) is 0.833. The Morgan fingerprint density at radius 3 is 1.46 bits per heavy atom. The molecule has 0 heteroatoms. The summed E-state index contributed by atoms with van der Waals surface area (Å²) in [5, 5.41) is 0. The molecule has 0 spiro atoms. The molecule has 0 aliphatic rings. The van der Waals surface area contributed by atoms with Gasteiger partial charge in [-0.3, -0.25) is 0 Å². The fourth-order valence-corrected chi connectivity index (χ4v) is 3.30. The van der Waals surface area contributed by atoms with E-state index < -0.39 is 0 Å². The predicted molar refractivity (Wildman–Crippen MR) is 112 cm³/mol. The van der Waals surface area contributed by atoms with Gasteiger partial charge in [0.05, 0.1) is 0 Å². The number of allylic oxidation sites excluding steroid dienone is 2. The van der Waals surface area contributed by atoms with Gasteiger partial charge in [-0.25, -0.2) is 0 Å². The summed E-state index contributed by atoms with van der Waals surface area (Å²) in [5.74, 6) is 0.931. The van der Waals surface area contributed by atoms with Crippen LogP contribution in [0.4, 0.5) is 0 Å². The van der Waals surface area contributed by atoms with E-state index in [4.69, 9.17) is 0 Å². The van der Waals surface area contributed by atoms with Crippen molar-refractivity contribution in [2.75, 3.05) is 0 Å². The summed E-state index contributed by atoms with van der Waals surface area (Å²) in [4.78, 5) is 0. The normalized spacial score (nSPS) is 13.0. The molecule has 0 saturated heterocycles. The van der Waals surface area contributed by atoms with Crippen LogP contribution in [0.15, 0.2) is 12.2 Å². The van der Waals surface area contributed by atoms with E-state index in [2.05, 4.69) is 32.9 Å². The zero-order valence-electron chi connectivity index (χ0n) is 16.9. The van der Waals surface area contributed by atoms with Gasteiger partial charge in [-0.15, -0.1) is 0 Å². The molecule has 24 heavy (non-hydrogen) atoms. The van der Waals surface area contributed by atoms with E-state index in [1.165, 1.54) is 103 Å². The van der Waals surface area contributed by atoms with Gasteiger partial charge in [0.25, 0.3) is 0 Å². The van der Waals surface area contributed by atoms with E-state index in [0.717, 1.165) is 18.8 Å². The van der Waals surface area contributed by atoms with Crippen molar-refractivity contribution in [3.05, 3.63) is 26.0 Å². The molecule has 0 nitrogen and oxygen atoms in total. The first-order chi connectivity index (χ1) is 11.8. The largest absolute Gasteiger partial charge is 0.0885 e. The molecule has 0 aromatic rings. The van der Waals surface area contributed by atoms with E-state index in [0.29, 0.717) is 0 Å². The first kappa shape index (κ1) is 23.7. The van der Waals surface area contributed by atoms with Gasteiger partial charge in [-0.1, -0.05) is 123 Å². The average molecular weight is 335 g/mol. The smallest absolute Gasteiger partial charge is 0.0351 e. The van der Waals surface area contributed by atoms with Crippen LogP contribution in [0.25, 0.3) is 0 Å². The first-order valence-electron chi connectivity index (χ1n) is 11.0. The number of hydrogen-bond acceptors (Lipinski definition) is 0. The van der Waals surface area contributed by atoms with Crippen molar-refractivity contribution in [2.24, 2.45) is 5.92 Å². The Bertz CT molecular complexity index is 240. The molecule has 2 radical (unpaired) electrons. The van der Waals surface area contributed by atoms with Crippen molar-refractivity contribution in [1.82, 2.24) is 0 Å². The molecule has 0 aliphatic heterocycles. The third-order valence-electron chi connectivity index (χ3n) is 5.05. The molecule has 1 atom stereocenters. The van der Waals surface area contributed by atoms with Crippen LogP contribution in [0.1, 0.15) is 122 Å². The Labute approximate surface area is 154 Å². The monoisotopic (exact) mass is 334 g/mol. The van der Waals surface area contributed by atoms with Gasteiger partial charge < -0.3 is 0 Å². The van der Waals surface area contributed by atoms with Gasteiger partial charge in [0.1, 0.15) is 0 Å². The molecule has 0 bridgehead atoms. The van der Waals surface area contributed by atoms with Crippen LogP contribution in [-0.4, -0.2) is 0 Å². The second kappa shape index (κ2) is 20.8. The van der Waals surface area contributed by atoms with E-state index in [-0.39, 0.29) is 0 Å². The van der Waals surface area contributed by atoms with Crippen molar-refractivity contribution >= 4 is 0 Å². The minimum Gasteiger partial charge on any atom is -0.0885 e. The molecule has 0 N–H and O–H groups in total. The van der Waals surface area contributed by atoms with Crippen molar-refractivity contribution in [2.45, 2.75) is 122 Å². The Morgan fingerprint density at radius 1 is 0.542 bits per heavy atom. The van der Waals surface area contributed by atoms with Crippen LogP contribution in [0, 0.1) is 19.8 Å². The van der Waals surface area contributed by atoms with Crippen molar-refractivity contribution in [1.29, 1.82) is 0 Å². The van der Waals surface area contributed by atoms with Crippen molar-refractivity contribution < 1.29 is 0 Å². The zero-order valence-corrected chi connectivity index (χ0v) is 16.9. The Morgan fingerprint density at radius 2 is 0.917 bits per heavy atom. The van der Waals surface area contributed by atoms with Crippen LogP contribution in [0.5, 0.6) is 0 Å². The summed E-state index contributed by atoms with van der Waals surface area (Å²) >= 11 is 0. The molecule has 0 amide bonds. The van der Waals surface area contributed by atoms with Gasteiger partial charge >= 0.3 is 0 Å². The highest BCUT2D eigenvalue weighted by Gasteiger charge is 2.01. The lowest BCUT2D eigenvalue weighted by molar-refractivity contribution is 0.439. The lowest BCUT2D eigenvalue weighted by Gasteiger charge is -2.10. The second-order valence-electron chi connectivity index (χ2n) is 7.68. The van der Waals surface area contributed by atoms with Gasteiger partial charge in [0.15, 0.2) is 0 Å². The SMILES string of the molecule is [CH2]CCCCCCCC=CCCCCC(C)CCCCCCC[CH2]. The third-order valence-corrected chi connectivity index (χ3v) is 5.05. The third kappa shape index (κ3) is 19.8. The van der Waals surface area contributed by atoms with E-state index in [1.54, 1.807) is 0 Å². The molecular formula is C24H46. The molecule has 0 rings (SSSR count). The highest BCUT2D eigenvalue weighted by molar-refractivity contribution is 4.81. The van der Waals surface area contributed by atoms with Gasteiger partial charge in [0, 0.05) is 0 Å². The minimum atomic E-state index is 0.931. The van der Waals surface area contributed by atoms with Crippen molar-refractivity contribution in [3.63, 3.8) is 0 Å².